The van der Waals surface area contributed by atoms with Gasteiger partial charge in [0.15, 0.2) is 0 Å². The van der Waals surface area contributed by atoms with E-state index in [-0.39, 0.29) is 9.49 Å². The highest BCUT2D eigenvalue weighted by Gasteiger charge is 2.59. The Morgan fingerprint density at radius 1 is 0.645 bits per heavy atom. The summed E-state index contributed by atoms with van der Waals surface area (Å²) in [7, 11) is 0. The molecule has 6 rings (SSSR count). The van der Waals surface area contributed by atoms with Crippen molar-refractivity contribution in [1.82, 2.24) is 0 Å². The third-order valence-corrected chi connectivity index (χ3v) is 11.9. The van der Waals surface area contributed by atoms with Gasteiger partial charge in [-0.1, -0.05) is 24.3 Å². The number of rotatable bonds is 2. The monoisotopic (exact) mass is 494 g/mol. The largest absolute Gasteiger partial charge is 0.152 e. The summed E-state index contributed by atoms with van der Waals surface area (Å²) in [6, 6.07) is 17.2. The highest BCUT2D eigenvalue weighted by molar-refractivity contribution is 8.14. The first kappa shape index (κ1) is 20.7. The fourth-order valence-electron chi connectivity index (χ4n) is 5.05. The molecule has 0 nitrogen and oxygen atoms in total. The predicted octanol–water partition coefficient (Wildman–Crippen LogP) is 8.01. The molecular formula is C26H22S5. The lowest BCUT2D eigenvalue weighted by atomic mass is 9.72. The molecule has 0 unspecified atom stereocenters. The molecule has 3 aliphatic heterocycles. The highest BCUT2D eigenvalue weighted by Crippen LogP contribution is 2.69. The van der Waals surface area contributed by atoms with Crippen LogP contribution in [0.15, 0.2) is 92.8 Å². The average molecular weight is 495 g/mol. The van der Waals surface area contributed by atoms with Crippen LogP contribution in [0.5, 0.6) is 0 Å². The Balaban J connectivity index is 1.48. The van der Waals surface area contributed by atoms with Crippen LogP contribution in [0.4, 0.5) is 0 Å². The van der Waals surface area contributed by atoms with E-state index in [1.54, 1.807) is 22.3 Å². The van der Waals surface area contributed by atoms with E-state index in [0.29, 0.717) is 0 Å². The fourth-order valence-corrected chi connectivity index (χ4v) is 9.70. The van der Waals surface area contributed by atoms with Gasteiger partial charge in [-0.15, -0.1) is 48.8 Å². The van der Waals surface area contributed by atoms with Crippen LogP contribution in [0.3, 0.4) is 0 Å². The smallest absolute Gasteiger partial charge is 0.0619 e. The maximum absolute atomic E-state index is 4.48. The first-order valence-corrected chi connectivity index (χ1v) is 14.0. The summed E-state index contributed by atoms with van der Waals surface area (Å²) >= 11 is 15.1. The maximum atomic E-state index is 4.48. The number of benzene rings is 2. The zero-order valence-electron chi connectivity index (χ0n) is 17.3. The summed E-state index contributed by atoms with van der Waals surface area (Å²) in [6.07, 6.45) is 4.96. The molecule has 1 aliphatic carbocycles. The Bertz CT molecular complexity index is 1130. The third kappa shape index (κ3) is 3.03. The van der Waals surface area contributed by atoms with Crippen molar-refractivity contribution in [2.24, 2.45) is 0 Å². The molecule has 2 aromatic carbocycles. The van der Waals surface area contributed by atoms with E-state index >= 15 is 0 Å². The van der Waals surface area contributed by atoms with Gasteiger partial charge in [0.1, 0.15) is 0 Å². The molecule has 0 aromatic heterocycles. The lowest BCUT2D eigenvalue weighted by Gasteiger charge is -2.47. The van der Waals surface area contributed by atoms with Gasteiger partial charge in [0.05, 0.1) is 9.49 Å². The molecule has 0 amide bonds. The second kappa shape index (κ2) is 7.33. The summed E-state index contributed by atoms with van der Waals surface area (Å²) in [5.74, 6) is 2.25. The maximum Gasteiger partial charge on any atom is 0.0619 e. The summed E-state index contributed by atoms with van der Waals surface area (Å²) in [4.78, 5) is 4.78. The zero-order valence-corrected chi connectivity index (χ0v) is 21.5. The molecule has 2 atom stereocenters. The normalized spacial score (nSPS) is 29.0. The quantitative estimate of drug-likeness (QED) is 0.406. The molecule has 0 N–H and O–H groups in total. The van der Waals surface area contributed by atoms with E-state index in [4.69, 9.17) is 0 Å². The molecule has 0 saturated carbocycles. The topological polar surface area (TPSA) is 0 Å². The highest BCUT2D eigenvalue weighted by atomic mass is 32.2. The number of hydrogen-bond donors (Lipinski definition) is 2. The molecule has 0 bridgehead atoms. The first-order valence-electron chi connectivity index (χ1n) is 10.3. The molecule has 0 spiro atoms. The van der Waals surface area contributed by atoms with Gasteiger partial charge in [-0.2, -0.15) is 11.8 Å². The van der Waals surface area contributed by atoms with Crippen molar-refractivity contribution in [3.05, 3.63) is 94.1 Å². The summed E-state index contributed by atoms with van der Waals surface area (Å²) in [6.45, 7) is 4.94. The van der Waals surface area contributed by atoms with Gasteiger partial charge in [0.2, 0.25) is 0 Å². The second-order valence-electron chi connectivity index (χ2n) is 8.66. The van der Waals surface area contributed by atoms with E-state index in [0.717, 1.165) is 21.3 Å². The van der Waals surface area contributed by atoms with Gasteiger partial charge >= 0.3 is 0 Å². The van der Waals surface area contributed by atoms with Crippen LogP contribution >= 0.6 is 60.5 Å². The van der Waals surface area contributed by atoms with Crippen LogP contribution in [-0.4, -0.2) is 21.0 Å². The number of fused-ring (bicyclic) bond motifs is 4. The minimum Gasteiger partial charge on any atom is -0.152 e. The van der Waals surface area contributed by atoms with Crippen molar-refractivity contribution in [2.45, 2.75) is 33.1 Å². The molecule has 0 radical (unpaired) electrons. The minimum absolute atomic E-state index is 0.00738. The second-order valence-corrected chi connectivity index (χ2v) is 13.6. The minimum atomic E-state index is 0.00738. The van der Waals surface area contributed by atoms with Gasteiger partial charge in [-0.05, 0) is 83.7 Å². The Morgan fingerprint density at radius 3 is 1.42 bits per heavy atom. The number of hydrogen-bond acceptors (Lipinski definition) is 5. The van der Waals surface area contributed by atoms with E-state index < -0.39 is 0 Å². The summed E-state index contributed by atoms with van der Waals surface area (Å²) in [5.41, 5.74) is 8.84. The Kier molecular flexibility index (Phi) is 4.90. The Labute approximate surface area is 207 Å². The van der Waals surface area contributed by atoms with Crippen LogP contribution in [0.1, 0.15) is 25.0 Å². The molecule has 3 heterocycles. The van der Waals surface area contributed by atoms with Crippen molar-refractivity contribution in [3.8, 4) is 0 Å². The molecule has 1 fully saturated rings. The number of thiol groups is 2. The predicted molar refractivity (Wildman–Crippen MR) is 147 cm³/mol. The molecule has 5 heteroatoms. The molecule has 2 aromatic rings. The lowest BCUT2D eigenvalue weighted by Crippen LogP contribution is -2.47. The Morgan fingerprint density at radius 2 is 1.03 bits per heavy atom. The zero-order chi connectivity index (χ0) is 21.4. The standard InChI is InChI=1S/C26H22S5/c1-25-21(11-23(30-25)15-3-7-17(27)8-4-15)19-13-29-14-20(19)22-12-24(31-26(22,25)2)16-5-9-18(28)10-6-16/h3-12,27-28H,13-14H2,1-2H3/t25-,26-/m1/s1. The van der Waals surface area contributed by atoms with Crippen LogP contribution in [-0.2, 0) is 0 Å². The first-order chi connectivity index (χ1) is 14.9. The van der Waals surface area contributed by atoms with E-state index in [1.165, 1.54) is 20.9 Å². The SMILES string of the molecule is C[C@@]12SC(c3ccc(S)cc3)=CC1=C1CSCC1=C1C=C(c3ccc(S)cc3)S[C@]12C. The molecule has 1 saturated heterocycles. The Hall–Kier alpha value is -0.850. The van der Waals surface area contributed by atoms with Crippen molar-refractivity contribution in [1.29, 1.82) is 0 Å². The third-order valence-electron chi connectivity index (χ3n) is 6.93. The van der Waals surface area contributed by atoms with Gasteiger partial charge in [-0.25, -0.2) is 0 Å². The number of thioether (sulfide) groups is 3. The summed E-state index contributed by atoms with van der Waals surface area (Å²) in [5, 5.41) is 0. The van der Waals surface area contributed by atoms with Crippen LogP contribution in [0, 0.1) is 0 Å². The molecular weight excluding hydrogens is 473 g/mol. The van der Waals surface area contributed by atoms with E-state index in [2.05, 4.69) is 112 Å². The average Bonchev–Trinajstić information content (AvgIpc) is 3.45. The number of allylic oxidation sites excluding steroid dienone is 2. The molecule has 31 heavy (non-hydrogen) atoms. The van der Waals surface area contributed by atoms with E-state index in [9.17, 15) is 0 Å². The van der Waals surface area contributed by atoms with Gasteiger partial charge in [0, 0.05) is 31.1 Å². The lowest BCUT2D eigenvalue weighted by molar-refractivity contribution is 0.609. The van der Waals surface area contributed by atoms with Crippen LogP contribution in [0.2, 0.25) is 0 Å². The molecule has 4 aliphatic rings. The molecule has 156 valence electrons. The van der Waals surface area contributed by atoms with Crippen molar-refractivity contribution < 1.29 is 0 Å². The van der Waals surface area contributed by atoms with Gasteiger partial charge < -0.3 is 0 Å². The van der Waals surface area contributed by atoms with Crippen LogP contribution in [0.25, 0.3) is 9.81 Å². The van der Waals surface area contributed by atoms with Gasteiger partial charge in [-0.3, -0.25) is 0 Å². The van der Waals surface area contributed by atoms with Crippen molar-refractivity contribution >= 4 is 70.4 Å². The van der Waals surface area contributed by atoms with Crippen LogP contribution < -0.4 is 0 Å². The summed E-state index contributed by atoms with van der Waals surface area (Å²) < 4.78 is 0.0148. The fraction of sp³-hybridized carbons (Fsp3) is 0.231. The van der Waals surface area contributed by atoms with Crippen molar-refractivity contribution in [3.63, 3.8) is 0 Å². The van der Waals surface area contributed by atoms with Crippen molar-refractivity contribution in [2.75, 3.05) is 11.5 Å². The van der Waals surface area contributed by atoms with E-state index in [1.807, 2.05) is 23.5 Å². The van der Waals surface area contributed by atoms with Gasteiger partial charge in [0.25, 0.3) is 0 Å².